The fourth-order valence-electron chi connectivity index (χ4n) is 4.93. The number of benzene rings is 1. The average molecular weight is 379 g/mol. The summed E-state index contributed by atoms with van der Waals surface area (Å²) in [5.74, 6) is -1.09. The molecule has 0 atom stereocenters. The zero-order chi connectivity index (χ0) is 19.2. The normalized spacial score (nSPS) is 29.3. The molecule has 2 aliphatic carbocycles. The van der Waals surface area contributed by atoms with E-state index in [0.29, 0.717) is 11.5 Å². The van der Waals surface area contributed by atoms with Crippen LogP contribution in [0.4, 0.5) is 13.2 Å². The maximum absolute atomic E-state index is 13.5. The van der Waals surface area contributed by atoms with Gasteiger partial charge in [-0.15, -0.1) is 0 Å². The third kappa shape index (κ3) is 5.62. The van der Waals surface area contributed by atoms with Crippen LogP contribution in [0.2, 0.25) is 0 Å². The van der Waals surface area contributed by atoms with Crippen LogP contribution in [0.25, 0.3) is 0 Å². The Labute approximate surface area is 162 Å². The van der Waals surface area contributed by atoms with Crippen molar-refractivity contribution < 1.29 is 13.2 Å². The van der Waals surface area contributed by atoms with Crippen LogP contribution < -0.4 is 0 Å². The minimum Gasteiger partial charge on any atom is -0.204 e. The van der Waals surface area contributed by atoms with Gasteiger partial charge in [-0.05, 0) is 92.7 Å². The first-order chi connectivity index (χ1) is 13.1. The molecule has 0 saturated heterocycles. The summed E-state index contributed by atoms with van der Waals surface area (Å²) in [5, 5.41) is 0. The maximum atomic E-state index is 13.5. The molecule has 0 spiro atoms. The smallest absolute Gasteiger partial charge is 0.194 e. The average Bonchev–Trinajstić information content (AvgIpc) is 2.69. The quantitative estimate of drug-likeness (QED) is 0.348. The van der Waals surface area contributed by atoms with Gasteiger partial charge in [-0.1, -0.05) is 38.3 Å². The fourth-order valence-corrected chi connectivity index (χ4v) is 4.93. The number of hydrogen-bond acceptors (Lipinski definition) is 0. The van der Waals surface area contributed by atoms with E-state index >= 15 is 0 Å². The first kappa shape index (κ1) is 20.5. The molecule has 0 amide bonds. The Morgan fingerprint density at radius 2 is 1.33 bits per heavy atom. The second kappa shape index (κ2) is 9.80. The highest BCUT2D eigenvalue weighted by Gasteiger charge is 2.24. The van der Waals surface area contributed by atoms with Gasteiger partial charge < -0.3 is 0 Å². The third-order valence-corrected chi connectivity index (χ3v) is 6.76. The van der Waals surface area contributed by atoms with Crippen LogP contribution in [-0.2, 0) is 0 Å². The lowest BCUT2D eigenvalue weighted by atomic mass is 9.77. The van der Waals surface area contributed by atoms with E-state index in [9.17, 15) is 13.2 Å². The molecule has 3 rings (SSSR count). The van der Waals surface area contributed by atoms with Crippen LogP contribution in [0, 0.1) is 35.2 Å². The first-order valence-corrected chi connectivity index (χ1v) is 10.9. The topological polar surface area (TPSA) is 0 Å². The number of halogens is 3. The largest absolute Gasteiger partial charge is 0.204 e. The lowest BCUT2D eigenvalue weighted by Crippen LogP contribution is -2.15. The van der Waals surface area contributed by atoms with Crippen molar-refractivity contribution in [2.45, 2.75) is 83.5 Å². The summed E-state index contributed by atoms with van der Waals surface area (Å²) in [7, 11) is 0. The fraction of sp³-hybridized carbons (Fsp3) is 0.667. The number of rotatable bonds is 6. The van der Waals surface area contributed by atoms with Crippen molar-refractivity contribution >= 4 is 0 Å². The van der Waals surface area contributed by atoms with Crippen LogP contribution >= 0.6 is 0 Å². The molecule has 1 aromatic rings. The molecule has 1 aromatic carbocycles. The Morgan fingerprint density at radius 1 is 0.815 bits per heavy atom. The van der Waals surface area contributed by atoms with Crippen molar-refractivity contribution in [3.8, 4) is 0 Å². The molecule has 150 valence electrons. The molecule has 0 unspecified atom stereocenters. The molecular weight excluding hydrogens is 345 g/mol. The third-order valence-electron chi connectivity index (χ3n) is 6.76. The van der Waals surface area contributed by atoms with Gasteiger partial charge in [-0.3, -0.25) is 0 Å². The van der Waals surface area contributed by atoms with Gasteiger partial charge in [0, 0.05) is 0 Å². The van der Waals surface area contributed by atoms with Crippen molar-refractivity contribution in [3.05, 3.63) is 47.3 Å². The second-order valence-corrected chi connectivity index (χ2v) is 8.72. The van der Waals surface area contributed by atoms with Crippen LogP contribution in [-0.4, -0.2) is 0 Å². The zero-order valence-electron chi connectivity index (χ0n) is 16.5. The second-order valence-electron chi connectivity index (χ2n) is 8.72. The Morgan fingerprint density at radius 3 is 1.85 bits per heavy atom. The van der Waals surface area contributed by atoms with Crippen LogP contribution in [0.1, 0.15) is 89.0 Å². The molecule has 0 radical (unpaired) electrons. The molecule has 3 heteroatoms. The molecule has 0 heterocycles. The molecule has 0 bridgehead atoms. The van der Waals surface area contributed by atoms with Crippen LogP contribution in [0.5, 0.6) is 0 Å². The van der Waals surface area contributed by atoms with Gasteiger partial charge in [-0.2, -0.15) is 0 Å². The van der Waals surface area contributed by atoms with Crippen LogP contribution in [0.3, 0.4) is 0 Å². The summed E-state index contributed by atoms with van der Waals surface area (Å²) < 4.78 is 40.1. The summed E-state index contributed by atoms with van der Waals surface area (Å²) in [6.07, 6.45) is 18.3. The Hall–Kier alpha value is -1.25. The van der Waals surface area contributed by atoms with E-state index in [1.54, 1.807) is 0 Å². The molecule has 2 fully saturated rings. The molecule has 0 aromatic heterocycles. The standard InChI is InChI=1S/C24H33F3/c1-2-3-4-17-5-7-18(8-6-17)9-10-19-11-13-20(14-12-19)21-15-22(25)24(27)23(26)16-21/h9-10,15-20H,2-8,11-14H2,1H3/b10-9+. The SMILES string of the molecule is CCCCC1CCC(/C=C/C2CCC(c3cc(F)c(F)c(F)c3)CC2)CC1. The van der Waals surface area contributed by atoms with E-state index in [0.717, 1.165) is 37.5 Å². The summed E-state index contributed by atoms with van der Waals surface area (Å²) in [4.78, 5) is 0. The van der Waals surface area contributed by atoms with Gasteiger partial charge in [0.2, 0.25) is 0 Å². The highest BCUT2D eigenvalue weighted by molar-refractivity contribution is 5.23. The van der Waals surface area contributed by atoms with E-state index in [4.69, 9.17) is 0 Å². The van der Waals surface area contributed by atoms with E-state index in [2.05, 4.69) is 19.1 Å². The van der Waals surface area contributed by atoms with E-state index in [1.165, 1.54) is 57.1 Å². The van der Waals surface area contributed by atoms with Gasteiger partial charge in [-0.25, -0.2) is 13.2 Å². The summed E-state index contributed by atoms with van der Waals surface area (Å²) >= 11 is 0. The highest BCUT2D eigenvalue weighted by atomic mass is 19.2. The Bertz CT molecular complexity index is 598. The molecule has 0 aliphatic heterocycles. The number of unbranched alkanes of at least 4 members (excludes halogenated alkanes) is 1. The summed E-state index contributed by atoms with van der Waals surface area (Å²) in [5.41, 5.74) is 0.610. The predicted octanol–water partition coefficient (Wildman–Crippen LogP) is 7.93. The number of hydrogen-bond donors (Lipinski definition) is 0. The van der Waals surface area contributed by atoms with E-state index in [-0.39, 0.29) is 5.92 Å². The molecule has 2 saturated carbocycles. The van der Waals surface area contributed by atoms with E-state index < -0.39 is 17.5 Å². The minimum absolute atomic E-state index is 0.147. The highest BCUT2D eigenvalue weighted by Crippen LogP contribution is 2.38. The molecule has 2 aliphatic rings. The van der Waals surface area contributed by atoms with Crippen molar-refractivity contribution in [2.24, 2.45) is 17.8 Å². The molecule has 0 nitrogen and oxygen atoms in total. The summed E-state index contributed by atoms with van der Waals surface area (Å²) in [6, 6.07) is 2.35. The maximum Gasteiger partial charge on any atom is 0.194 e. The number of allylic oxidation sites excluding steroid dienone is 2. The predicted molar refractivity (Wildman–Crippen MR) is 105 cm³/mol. The first-order valence-electron chi connectivity index (χ1n) is 10.9. The van der Waals surface area contributed by atoms with Gasteiger partial charge >= 0.3 is 0 Å². The lowest BCUT2D eigenvalue weighted by Gasteiger charge is -2.29. The monoisotopic (exact) mass is 378 g/mol. The van der Waals surface area contributed by atoms with Gasteiger partial charge in [0.25, 0.3) is 0 Å². The Balaban J connectivity index is 1.44. The summed E-state index contributed by atoms with van der Waals surface area (Å²) in [6.45, 7) is 2.27. The van der Waals surface area contributed by atoms with Crippen LogP contribution in [0.15, 0.2) is 24.3 Å². The van der Waals surface area contributed by atoms with E-state index in [1.807, 2.05) is 0 Å². The molecular formula is C24H33F3. The van der Waals surface area contributed by atoms with Crippen molar-refractivity contribution in [1.29, 1.82) is 0 Å². The van der Waals surface area contributed by atoms with Crippen molar-refractivity contribution in [2.75, 3.05) is 0 Å². The van der Waals surface area contributed by atoms with Crippen molar-refractivity contribution in [3.63, 3.8) is 0 Å². The van der Waals surface area contributed by atoms with Gasteiger partial charge in [0.15, 0.2) is 17.5 Å². The lowest BCUT2D eigenvalue weighted by molar-refractivity contribution is 0.289. The van der Waals surface area contributed by atoms with Crippen molar-refractivity contribution in [1.82, 2.24) is 0 Å². The van der Waals surface area contributed by atoms with Gasteiger partial charge in [0.05, 0.1) is 0 Å². The Kier molecular flexibility index (Phi) is 7.43. The van der Waals surface area contributed by atoms with Gasteiger partial charge in [0.1, 0.15) is 0 Å². The zero-order valence-corrected chi connectivity index (χ0v) is 16.5. The minimum atomic E-state index is -1.36. The molecule has 0 N–H and O–H groups in total. The molecule has 27 heavy (non-hydrogen) atoms.